The van der Waals surface area contributed by atoms with Crippen LogP contribution < -0.4 is 4.74 Å². The summed E-state index contributed by atoms with van der Waals surface area (Å²) in [6.07, 6.45) is -0.336. The van der Waals surface area contributed by atoms with Crippen LogP contribution in [0.2, 0.25) is 0 Å². The standard InChI is InChI=1S/C21H25NO3/c1-21(2,3)25-20(23)22-14-17(15-22)19(16-10-6-4-7-11-16)24-18-12-8-5-9-13-18/h4-13,17,19H,14-15H2,1-3H3. The number of nitrogens with zero attached hydrogens (tertiary/aromatic N) is 1. The fourth-order valence-corrected chi connectivity index (χ4v) is 2.90. The van der Waals surface area contributed by atoms with Crippen molar-refractivity contribution in [2.45, 2.75) is 32.5 Å². The highest BCUT2D eigenvalue weighted by Gasteiger charge is 2.40. The Labute approximate surface area is 149 Å². The molecular formula is C21H25NO3. The molecule has 0 bridgehead atoms. The molecule has 0 aliphatic carbocycles. The van der Waals surface area contributed by atoms with Crippen LogP contribution in [0.15, 0.2) is 60.7 Å². The van der Waals surface area contributed by atoms with Gasteiger partial charge in [0.05, 0.1) is 0 Å². The van der Waals surface area contributed by atoms with Crippen LogP contribution in [0.3, 0.4) is 0 Å². The Morgan fingerprint density at radius 3 is 2.12 bits per heavy atom. The van der Waals surface area contributed by atoms with E-state index in [2.05, 4.69) is 12.1 Å². The lowest BCUT2D eigenvalue weighted by atomic mass is 9.89. The Bertz CT molecular complexity index is 688. The van der Waals surface area contributed by atoms with Crippen molar-refractivity contribution < 1.29 is 14.3 Å². The van der Waals surface area contributed by atoms with Crippen molar-refractivity contribution in [3.63, 3.8) is 0 Å². The van der Waals surface area contributed by atoms with Crippen LogP contribution >= 0.6 is 0 Å². The zero-order valence-electron chi connectivity index (χ0n) is 15.0. The number of rotatable bonds is 4. The maximum Gasteiger partial charge on any atom is 0.410 e. The highest BCUT2D eigenvalue weighted by Crippen LogP contribution is 2.34. The second kappa shape index (κ2) is 7.18. The molecule has 1 aliphatic heterocycles. The minimum absolute atomic E-state index is 0.0812. The quantitative estimate of drug-likeness (QED) is 0.812. The van der Waals surface area contributed by atoms with Gasteiger partial charge in [-0.2, -0.15) is 0 Å². The number of hydrogen-bond donors (Lipinski definition) is 0. The van der Waals surface area contributed by atoms with E-state index in [-0.39, 0.29) is 18.1 Å². The summed E-state index contributed by atoms with van der Waals surface area (Å²) >= 11 is 0. The van der Waals surface area contributed by atoms with Crippen molar-refractivity contribution >= 4 is 6.09 Å². The number of carbonyl (C=O) groups excluding carboxylic acids is 1. The van der Waals surface area contributed by atoms with E-state index < -0.39 is 5.60 Å². The van der Waals surface area contributed by atoms with Crippen molar-refractivity contribution in [1.82, 2.24) is 4.90 Å². The molecule has 1 amide bonds. The van der Waals surface area contributed by atoms with E-state index >= 15 is 0 Å². The van der Waals surface area contributed by atoms with Gasteiger partial charge >= 0.3 is 6.09 Å². The number of hydrogen-bond acceptors (Lipinski definition) is 3. The Hall–Kier alpha value is -2.49. The molecule has 1 aliphatic rings. The molecule has 0 radical (unpaired) electrons. The maximum atomic E-state index is 12.2. The summed E-state index contributed by atoms with van der Waals surface area (Å²) in [6.45, 7) is 6.93. The van der Waals surface area contributed by atoms with Gasteiger partial charge in [0.1, 0.15) is 17.5 Å². The predicted octanol–water partition coefficient (Wildman–Crippen LogP) is 4.67. The van der Waals surface area contributed by atoms with E-state index in [0.29, 0.717) is 13.1 Å². The summed E-state index contributed by atoms with van der Waals surface area (Å²) in [5.41, 5.74) is 0.654. The van der Waals surface area contributed by atoms with Gasteiger partial charge < -0.3 is 14.4 Å². The monoisotopic (exact) mass is 339 g/mol. The van der Waals surface area contributed by atoms with E-state index in [4.69, 9.17) is 9.47 Å². The number of likely N-dealkylation sites (tertiary alicyclic amines) is 1. The van der Waals surface area contributed by atoms with Gasteiger partial charge in [0.2, 0.25) is 0 Å². The minimum Gasteiger partial charge on any atom is -0.485 e. The molecule has 0 aromatic heterocycles. The predicted molar refractivity (Wildman–Crippen MR) is 97.6 cm³/mol. The lowest BCUT2D eigenvalue weighted by Gasteiger charge is -2.43. The molecule has 1 unspecified atom stereocenters. The van der Waals surface area contributed by atoms with Gasteiger partial charge in [-0.3, -0.25) is 0 Å². The Balaban J connectivity index is 1.69. The molecule has 0 N–H and O–H groups in total. The molecule has 0 spiro atoms. The van der Waals surface area contributed by atoms with E-state index in [9.17, 15) is 4.79 Å². The summed E-state index contributed by atoms with van der Waals surface area (Å²) < 4.78 is 11.7. The number of amides is 1. The van der Waals surface area contributed by atoms with Crippen molar-refractivity contribution in [2.24, 2.45) is 5.92 Å². The van der Waals surface area contributed by atoms with Crippen LogP contribution in [-0.2, 0) is 4.74 Å². The highest BCUT2D eigenvalue weighted by atomic mass is 16.6. The summed E-state index contributed by atoms with van der Waals surface area (Å²) in [5, 5.41) is 0. The largest absolute Gasteiger partial charge is 0.485 e. The zero-order chi connectivity index (χ0) is 17.9. The van der Waals surface area contributed by atoms with E-state index in [1.54, 1.807) is 4.90 Å². The van der Waals surface area contributed by atoms with E-state index in [1.165, 1.54) is 0 Å². The lowest BCUT2D eigenvalue weighted by Crippen LogP contribution is -2.54. The highest BCUT2D eigenvalue weighted by molar-refractivity contribution is 5.69. The van der Waals surface area contributed by atoms with Crippen molar-refractivity contribution in [3.8, 4) is 5.75 Å². The smallest absolute Gasteiger partial charge is 0.410 e. The molecule has 132 valence electrons. The molecule has 1 atom stereocenters. The van der Waals surface area contributed by atoms with Gasteiger partial charge in [-0.15, -0.1) is 0 Å². The molecule has 4 nitrogen and oxygen atoms in total. The zero-order valence-corrected chi connectivity index (χ0v) is 15.0. The average Bonchev–Trinajstić information content (AvgIpc) is 2.52. The summed E-state index contributed by atoms with van der Waals surface area (Å²) in [5.74, 6) is 1.09. The lowest BCUT2D eigenvalue weighted by molar-refractivity contribution is -0.0254. The van der Waals surface area contributed by atoms with Gasteiger partial charge in [0, 0.05) is 19.0 Å². The summed E-state index contributed by atoms with van der Waals surface area (Å²) in [7, 11) is 0. The maximum absolute atomic E-state index is 12.2. The normalized spacial score (nSPS) is 16.0. The molecule has 4 heteroatoms. The molecule has 2 aromatic carbocycles. The van der Waals surface area contributed by atoms with Gasteiger partial charge in [-0.1, -0.05) is 48.5 Å². The Morgan fingerprint density at radius 1 is 1.00 bits per heavy atom. The molecule has 0 saturated carbocycles. The molecular weight excluding hydrogens is 314 g/mol. The van der Waals surface area contributed by atoms with Crippen LogP contribution in [0.1, 0.15) is 32.4 Å². The molecule has 2 aromatic rings. The van der Waals surface area contributed by atoms with Crippen LogP contribution in [-0.4, -0.2) is 29.7 Å². The molecule has 1 fully saturated rings. The second-order valence-electron chi connectivity index (χ2n) is 7.41. The minimum atomic E-state index is -0.471. The first kappa shape index (κ1) is 17.3. The van der Waals surface area contributed by atoms with Gasteiger partial charge in [-0.05, 0) is 38.5 Å². The van der Waals surface area contributed by atoms with Crippen molar-refractivity contribution in [2.75, 3.05) is 13.1 Å². The Morgan fingerprint density at radius 2 is 1.56 bits per heavy atom. The van der Waals surface area contributed by atoms with Gasteiger partial charge in [-0.25, -0.2) is 4.79 Å². The molecule has 3 rings (SSSR count). The topological polar surface area (TPSA) is 38.8 Å². The average molecular weight is 339 g/mol. The van der Waals surface area contributed by atoms with Crippen LogP contribution in [0.5, 0.6) is 5.75 Å². The van der Waals surface area contributed by atoms with Crippen molar-refractivity contribution in [3.05, 3.63) is 66.2 Å². The molecule has 1 saturated heterocycles. The first-order valence-corrected chi connectivity index (χ1v) is 8.67. The molecule has 1 heterocycles. The van der Waals surface area contributed by atoms with Crippen molar-refractivity contribution in [1.29, 1.82) is 0 Å². The summed E-state index contributed by atoms with van der Waals surface area (Å²) in [6, 6.07) is 20.0. The Kier molecular flexibility index (Phi) is 4.98. The number of ether oxygens (including phenoxy) is 2. The third-order valence-corrected chi connectivity index (χ3v) is 4.12. The van der Waals surface area contributed by atoms with E-state index in [1.807, 2.05) is 69.3 Å². The van der Waals surface area contributed by atoms with Gasteiger partial charge in [0.25, 0.3) is 0 Å². The number of benzene rings is 2. The first-order valence-electron chi connectivity index (χ1n) is 8.67. The van der Waals surface area contributed by atoms with Crippen LogP contribution in [0.25, 0.3) is 0 Å². The first-order chi connectivity index (χ1) is 11.9. The van der Waals surface area contributed by atoms with Crippen LogP contribution in [0, 0.1) is 5.92 Å². The van der Waals surface area contributed by atoms with Gasteiger partial charge in [0.15, 0.2) is 0 Å². The fraction of sp³-hybridized carbons (Fsp3) is 0.381. The molecule has 25 heavy (non-hydrogen) atoms. The fourth-order valence-electron chi connectivity index (χ4n) is 2.90. The number of para-hydroxylation sites is 1. The number of carbonyl (C=O) groups is 1. The second-order valence-corrected chi connectivity index (χ2v) is 7.41. The van der Waals surface area contributed by atoms with E-state index in [0.717, 1.165) is 11.3 Å². The SMILES string of the molecule is CC(C)(C)OC(=O)N1CC(C(Oc2ccccc2)c2ccccc2)C1. The third-order valence-electron chi connectivity index (χ3n) is 4.12. The summed E-state index contributed by atoms with van der Waals surface area (Å²) in [4.78, 5) is 13.9. The third kappa shape index (κ3) is 4.53. The van der Waals surface area contributed by atoms with Crippen LogP contribution in [0.4, 0.5) is 4.79 Å².